The van der Waals surface area contributed by atoms with Gasteiger partial charge in [-0.2, -0.15) is 0 Å². The Bertz CT molecular complexity index is 604. The van der Waals surface area contributed by atoms with Crippen LogP contribution in [0.1, 0.15) is 30.0 Å². The highest BCUT2D eigenvalue weighted by Gasteiger charge is 2.16. The van der Waals surface area contributed by atoms with Crippen LogP contribution >= 0.6 is 0 Å². The maximum atomic E-state index is 12.3. The molecule has 0 heterocycles. The minimum Gasteiger partial charge on any atom is -0.308 e. The van der Waals surface area contributed by atoms with E-state index in [9.17, 15) is 4.79 Å². The molecule has 0 aliphatic carbocycles. The average molecular weight is 267 g/mol. The predicted molar refractivity (Wildman–Crippen MR) is 83.8 cm³/mol. The van der Waals surface area contributed by atoms with Crippen molar-refractivity contribution < 1.29 is 4.79 Å². The highest BCUT2D eigenvalue weighted by atomic mass is 16.2. The molecular weight excluding hydrogens is 246 g/mol. The number of hydrogen-bond acceptors (Lipinski definition) is 1. The van der Waals surface area contributed by atoms with Gasteiger partial charge in [0.15, 0.2) is 0 Å². The van der Waals surface area contributed by atoms with Crippen LogP contribution in [0.2, 0.25) is 0 Å². The van der Waals surface area contributed by atoms with E-state index in [1.165, 1.54) is 11.1 Å². The number of hydrogen-bond donors (Lipinski definition) is 0. The Morgan fingerprint density at radius 2 is 1.55 bits per heavy atom. The number of carbonyl (C=O) groups is 1. The Balaban J connectivity index is 2.37. The quantitative estimate of drug-likeness (QED) is 0.811. The average Bonchev–Trinajstić information content (AvgIpc) is 2.47. The van der Waals surface area contributed by atoms with Crippen LogP contribution in [0, 0.1) is 13.8 Å². The van der Waals surface area contributed by atoms with E-state index < -0.39 is 0 Å². The zero-order chi connectivity index (χ0) is 14.5. The van der Waals surface area contributed by atoms with E-state index in [2.05, 4.69) is 19.1 Å². The summed E-state index contributed by atoms with van der Waals surface area (Å²) < 4.78 is 0. The van der Waals surface area contributed by atoms with Crippen LogP contribution in [0.3, 0.4) is 0 Å². The van der Waals surface area contributed by atoms with Crippen LogP contribution < -0.4 is 4.90 Å². The Kier molecular flexibility index (Phi) is 4.57. The van der Waals surface area contributed by atoms with Crippen molar-refractivity contribution in [3.05, 3.63) is 65.2 Å². The van der Waals surface area contributed by atoms with Crippen LogP contribution in [0.15, 0.2) is 48.5 Å². The van der Waals surface area contributed by atoms with Gasteiger partial charge in [-0.3, -0.25) is 4.79 Å². The van der Waals surface area contributed by atoms with Crippen molar-refractivity contribution >= 4 is 11.6 Å². The molecule has 2 aromatic rings. The Morgan fingerprint density at radius 3 is 2.15 bits per heavy atom. The monoisotopic (exact) mass is 267 g/mol. The summed E-state index contributed by atoms with van der Waals surface area (Å²) in [7, 11) is 0. The van der Waals surface area contributed by atoms with E-state index in [0.717, 1.165) is 11.3 Å². The van der Waals surface area contributed by atoms with E-state index in [-0.39, 0.29) is 5.91 Å². The maximum absolute atomic E-state index is 12.3. The molecule has 0 saturated carbocycles. The second-order valence-corrected chi connectivity index (χ2v) is 5.05. The van der Waals surface area contributed by atoms with Crippen molar-refractivity contribution in [3.63, 3.8) is 0 Å². The van der Waals surface area contributed by atoms with Crippen LogP contribution in [-0.2, 0) is 11.3 Å². The third-order valence-electron chi connectivity index (χ3n) is 3.60. The number of rotatable bonds is 4. The fourth-order valence-corrected chi connectivity index (χ4v) is 2.32. The molecule has 104 valence electrons. The molecule has 1 amide bonds. The van der Waals surface area contributed by atoms with E-state index in [1.807, 2.05) is 55.1 Å². The summed E-state index contributed by atoms with van der Waals surface area (Å²) in [5.41, 5.74) is 4.54. The van der Waals surface area contributed by atoms with Gasteiger partial charge in [0, 0.05) is 12.1 Å². The summed E-state index contributed by atoms with van der Waals surface area (Å²) in [6.45, 7) is 6.67. The molecule has 0 fully saturated rings. The Labute approximate surface area is 121 Å². The molecular formula is C18H21NO. The van der Waals surface area contributed by atoms with Crippen molar-refractivity contribution in [2.24, 2.45) is 0 Å². The Morgan fingerprint density at radius 1 is 0.950 bits per heavy atom. The number of nitrogens with zero attached hydrogens (tertiary/aromatic N) is 1. The molecule has 0 saturated heterocycles. The van der Waals surface area contributed by atoms with Gasteiger partial charge < -0.3 is 4.90 Å². The second kappa shape index (κ2) is 6.38. The molecule has 0 spiro atoms. The predicted octanol–water partition coefficient (Wildman–Crippen LogP) is 4.25. The summed E-state index contributed by atoms with van der Waals surface area (Å²) in [5.74, 6) is 0.155. The highest BCUT2D eigenvalue weighted by Crippen LogP contribution is 2.23. The van der Waals surface area contributed by atoms with Gasteiger partial charge in [0.1, 0.15) is 0 Å². The Hall–Kier alpha value is -2.09. The number of anilines is 1. The first kappa shape index (κ1) is 14.3. The fourth-order valence-electron chi connectivity index (χ4n) is 2.32. The third kappa shape index (κ3) is 3.08. The van der Waals surface area contributed by atoms with Gasteiger partial charge >= 0.3 is 0 Å². The molecule has 0 aromatic heterocycles. The normalized spacial score (nSPS) is 10.3. The van der Waals surface area contributed by atoms with Gasteiger partial charge in [-0.1, -0.05) is 49.4 Å². The lowest BCUT2D eigenvalue weighted by molar-refractivity contribution is -0.118. The number of amides is 1. The topological polar surface area (TPSA) is 20.3 Å². The van der Waals surface area contributed by atoms with E-state index >= 15 is 0 Å². The zero-order valence-electron chi connectivity index (χ0n) is 12.4. The standard InChI is InChI=1S/C18H21NO/c1-4-18(20)19(17-12-8-6-10-15(17)3)13-16-11-7-5-9-14(16)2/h5-12H,4,13H2,1-3H3. The van der Waals surface area contributed by atoms with E-state index in [1.54, 1.807) is 0 Å². The first-order chi connectivity index (χ1) is 9.63. The van der Waals surface area contributed by atoms with Gasteiger partial charge in [0.25, 0.3) is 0 Å². The summed E-state index contributed by atoms with van der Waals surface area (Å²) in [6, 6.07) is 16.3. The van der Waals surface area contributed by atoms with Crippen molar-refractivity contribution in [1.82, 2.24) is 0 Å². The minimum atomic E-state index is 0.155. The van der Waals surface area contributed by atoms with Crippen molar-refractivity contribution in [1.29, 1.82) is 0 Å². The number of carbonyl (C=O) groups excluding carboxylic acids is 1. The van der Waals surface area contributed by atoms with E-state index in [0.29, 0.717) is 13.0 Å². The van der Waals surface area contributed by atoms with Gasteiger partial charge in [0.05, 0.1) is 6.54 Å². The maximum Gasteiger partial charge on any atom is 0.227 e. The second-order valence-electron chi connectivity index (χ2n) is 5.05. The van der Waals surface area contributed by atoms with Gasteiger partial charge in [-0.15, -0.1) is 0 Å². The number of benzene rings is 2. The number of para-hydroxylation sites is 1. The van der Waals surface area contributed by atoms with Crippen molar-refractivity contribution in [2.75, 3.05) is 4.90 Å². The molecule has 0 atom stereocenters. The summed E-state index contributed by atoms with van der Waals surface area (Å²) in [4.78, 5) is 14.2. The van der Waals surface area contributed by atoms with Crippen molar-refractivity contribution in [2.45, 2.75) is 33.7 Å². The van der Waals surface area contributed by atoms with Gasteiger partial charge in [0.2, 0.25) is 5.91 Å². The fraction of sp³-hybridized carbons (Fsp3) is 0.278. The molecule has 2 aromatic carbocycles. The molecule has 0 unspecified atom stereocenters. The van der Waals surface area contributed by atoms with Crippen LogP contribution in [0.5, 0.6) is 0 Å². The lowest BCUT2D eigenvalue weighted by atomic mass is 10.1. The van der Waals surface area contributed by atoms with E-state index in [4.69, 9.17) is 0 Å². The van der Waals surface area contributed by atoms with Crippen LogP contribution in [0.25, 0.3) is 0 Å². The smallest absolute Gasteiger partial charge is 0.227 e. The lowest BCUT2D eigenvalue weighted by Crippen LogP contribution is -2.30. The van der Waals surface area contributed by atoms with Crippen LogP contribution in [0.4, 0.5) is 5.69 Å². The lowest BCUT2D eigenvalue weighted by Gasteiger charge is -2.25. The zero-order valence-corrected chi connectivity index (χ0v) is 12.4. The first-order valence-electron chi connectivity index (χ1n) is 7.04. The SMILES string of the molecule is CCC(=O)N(Cc1ccccc1C)c1ccccc1C. The molecule has 0 aliphatic heterocycles. The minimum absolute atomic E-state index is 0.155. The first-order valence-corrected chi connectivity index (χ1v) is 7.04. The molecule has 2 rings (SSSR count). The molecule has 20 heavy (non-hydrogen) atoms. The largest absolute Gasteiger partial charge is 0.308 e. The summed E-state index contributed by atoms with van der Waals surface area (Å²) >= 11 is 0. The molecule has 0 N–H and O–H groups in total. The molecule has 0 aliphatic rings. The molecule has 0 bridgehead atoms. The molecule has 2 heteroatoms. The third-order valence-corrected chi connectivity index (χ3v) is 3.60. The summed E-state index contributed by atoms with van der Waals surface area (Å²) in [5, 5.41) is 0. The van der Waals surface area contributed by atoms with Gasteiger partial charge in [-0.05, 0) is 36.6 Å². The summed E-state index contributed by atoms with van der Waals surface area (Å²) in [6.07, 6.45) is 0.514. The molecule has 0 radical (unpaired) electrons. The van der Waals surface area contributed by atoms with Crippen LogP contribution in [-0.4, -0.2) is 5.91 Å². The number of aryl methyl sites for hydroxylation is 2. The highest BCUT2D eigenvalue weighted by molar-refractivity contribution is 5.93. The van der Waals surface area contributed by atoms with Gasteiger partial charge in [-0.25, -0.2) is 0 Å². The van der Waals surface area contributed by atoms with Crippen molar-refractivity contribution in [3.8, 4) is 0 Å². The molecule has 2 nitrogen and oxygen atoms in total.